The second-order valence-corrected chi connectivity index (χ2v) is 4.03. The van der Waals surface area contributed by atoms with E-state index in [1.807, 2.05) is 0 Å². The van der Waals surface area contributed by atoms with Gasteiger partial charge in [0, 0.05) is 6.42 Å². The first-order chi connectivity index (χ1) is 7.65. The number of hydrogen-bond acceptors (Lipinski definition) is 3. The van der Waals surface area contributed by atoms with E-state index in [0.717, 1.165) is 12.2 Å². The van der Waals surface area contributed by atoms with E-state index in [1.165, 1.54) is 16.7 Å². The van der Waals surface area contributed by atoms with Crippen LogP contribution in [-0.2, 0) is 6.42 Å². The molecule has 0 spiro atoms. The van der Waals surface area contributed by atoms with E-state index < -0.39 is 0 Å². The molecule has 16 heavy (non-hydrogen) atoms. The number of nitrogens with zero attached hydrogens (tertiary/aromatic N) is 2. The average Bonchev–Trinajstić information content (AvgIpc) is 2.27. The summed E-state index contributed by atoms with van der Waals surface area (Å²) in [6, 6.07) is 6.42. The number of nitrogens with two attached hydrogens (primary N) is 1. The van der Waals surface area contributed by atoms with Crippen LogP contribution in [0.15, 0.2) is 30.6 Å². The van der Waals surface area contributed by atoms with Gasteiger partial charge in [0.1, 0.15) is 5.82 Å². The minimum Gasteiger partial charge on any atom is -0.396 e. The van der Waals surface area contributed by atoms with Gasteiger partial charge in [0.05, 0.1) is 18.1 Å². The van der Waals surface area contributed by atoms with Gasteiger partial charge in [-0.1, -0.05) is 18.2 Å². The smallest absolute Gasteiger partial charge is 0.132 e. The fourth-order valence-corrected chi connectivity index (χ4v) is 1.55. The molecule has 1 aromatic heterocycles. The molecule has 0 amide bonds. The number of benzene rings is 1. The number of nitrogen functional groups attached to an aromatic ring is 1. The van der Waals surface area contributed by atoms with Crippen molar-refractivity contribution in [2.45, 2.75) is 20.3 Å². The van der Waals surface area contributed by atoms with Gasteiger partial charge in [0.25, 0.3) is 0 Å². The van der Waals surface area contributed by atoms with E-state index >= 15 is 0 Å². The van der Waals surface area contributed by atoms with Crippen LogP contribution in [0.4, 0.5) is 5.69 Å². The highest BCUT2D eigenvalue weighted by atomic mass is 14.9. The lowest BCUT2D eigenvalue weighted by atomic mass is 10.0. The van der Waals surface area contributed by atoms with E-state index in [1.54, 1.807) is 12.4 Å². The lowest BCUT2D eigenvalue weighted by Gasteiger charge is -2.04. The van der Waals surface area contributed by atoms with Crippen LogP contribution < -0.4 is 5.73 Å². The van der Waals surface area contributed by atoms with Gasteiger partial charge in [-0.05, 0) is 30.5 Å². The molecule has 1 aromatic carbocycles. The summed E-state index contributed by atoms with van der Waals surface area (Å²) in [5.74, 6) is 0.803. The molecule has 0 atom stereocenters. The Labute approximate surface area is 95.4 Å². The molecule has 1 heterocycles. The summed E-state index contributed by atoms with van der Waals surface area (Å²) >= 11 is 0. The topological polar surface area (TPSA) is 51.8 Å². The molecule has 2 N–H and O–H groups in total. The van der Waals surface area contributed by atoms with E-state index in [2.05, 4.69) is 42.0 Å². The summed E-state index contributed by atoms with van der Waals surface area (Å²) in [4.78, 5) is 8.38. The third-order valence-corrected chi connectivity index (χ3v) is 2.66. The maximum absolute atomic E-state index is 5.54. The molecule has 2 aromatic rings. The molecule has 0 aliphatic carbocycles. The molecular formula is C13H15N3. The lowest BCUT2D eigenvalue weighted by Crippen LogP contribution is -1.98. The number of hydrogen-bond donors (Lipinski definition) is 1. The molecule has 0 unspecified atom stereocenters. The molecule has 0 radical (unpaired) electrons. The summed E-state index contributed by atoms with van der Waals surface area (Å²) in [7, 11) is 0. The second-order valence-electron chi connectivity index (χ2n) is 4.03. The fraction of sp³-hybridized carbons (Fsp3) is 0.231. The molecular weight excluding hydrogens is 198 g/mol. The third kappa shape index (κ3) is 2.37. The van der Waals surface area contributed by atoms with Crippen molar-refractivity contribution in [2.24, 2.45) is 0 Å². The van der Waals surface area contributed by atoms with Crippen molar-refractivity contribution in [2.75, 3.05) is 5.73 Å². The molecule has 82 valence electrons. The summed E-state index contributed by atoms with van der Waals surface area (Å²) in [5, 5.41) is 0. The van der Waals surface area contributed by atoms with E-state index in [4.69, 9.17) is 5.73 Å². The average molecular weight is 213 g/mol. The Morgan fingerprint density at radius 1 is 1.06 bits per heavy atom. The van der Waals surface area contributed by atoms with Gasteiger partial charge in [-0.2, -0.15) is 0 Å². The van der Waals surface area contributed by atoms with Gasteiger partial charge in [-0.25, -0.2) is 9.97 Å². The molecule has 3 nitrogen and oxygen atoms in total. The van der Waals surface area contributed by atoms with E-state index in [-0.39, 0.29) is 0 Å². The van der Waals surface area contributed by atoms with Crippen LogP contribution in [0.25, 0.3) is 0 Å². The van der Waals surface area contributed by atoms with Crippen molar-refractivity contribution >= 4 is 5.69 Å². The van der Waals surface area contributed by atoms with Crippen molar-refractivity contribution in [3.05, 3.63) is 53.1 Å². The molecule has 0 aliphatic rings. The van der Waals surface area contributed by atoms with Crippen LogP contribution in [-0.4, -0.2) is 9.97 Å². The Bertz CT molecular complexity index is 489. The summed E-state index contributed by atoms with van der Waals surface area (Å²) in [6.07, 6.45) is 4.04. The van der Waals surface area contributed by atoms with Crippen molar-refractivity contribution in [1.29, 1.82) is 0 Å². The molecule has 2 rings (SSSR count). The minimum absolute atomic E-state index is 0.601. The van der Waals surface area contributed by atoms with Crippen LogP contribution in [0.5, 0.6) is 0 Å². The van der Waals surface area contributed by atoms with Gasteiger partial charge in [-0.3, -0.25) is 0 Å². The zero-order valence-corrected chi connectivity index (χ0v) is 9.57. The first-order valence-electron chi connectivity index (χ1n) is 5.27. The SMILES string of the molecule is Cc1ccc(Cc2ncc(N)cn2)cc1C. The maximum atomic E-state index is 5.54. The van der Waals surface area contributed by atoms with Gasteiger partial charge >= 0.3 is 0 Å². The number of anilines is 1. The summed E-state index contributed by atoms with van der Waals surface area (Å²) in [6.45, 7) is 4.22. The van der Waals surface area contributed by atoms with Crippen molar-refractivity contribution < 1.29 is 0 Å². The normalized spacial score (nSPS) is 10.4. The molecule has 0 saturated carbocycles. The largest absolute Gasteiger partial charge is 0.396 e. The second kappa shape index (κ2) is 4.31. The van der Waals surface area contributed by atoms with Crippen LogP contribution in [0, 0.1) is 13.8 Å². The minimum atomic E-state index is 0.601. The van der Waals surface area contributed by atoms with Crippen molar-refractivity contribution in [1.82, 2.24) is 9.97 Å². The van der Waals surface area contributed by atoms with Gasteiger partial charge in [-0.15, -0.1) is 0 Å². The highest BCUT2D eigenvalue weighted by Crippen LogP contribution is 2.12. The highest BCUT2D eigenvalue weighted by molar-refractivity contribution is 5.33. The zero-order chi connectivity index (χ0) is 11.5. The first-order valence-corrected chi connectivity index (χ1v) is 5.27. The predicted molar refractivity (Wildman–Crippen MR) is 65.2 cm³/mol. The van der Waals surface area contributed by atoms with Crippen molar-refractivity contribution in [3.63, 3.8) is 0 Å². The maximum Gasteiger partial charge on any atom is 0.132 e. The Kier molecular flexibility index (Phi) is 2.86. The quantitative estimate of drug-likeness (QED) is 0.832. The molecule has 3 heteroatoms. The Morgan fingerprint density at radius 2 is 1.75 bits per heavy atom. The first kappa shape index (κ1) is 10.6. The molecule has 0 aliphatic heterocycles. The standard InChI is InChI=1S/C13H15N3/c1-9-3-4-11(5-10(9)2)6-13-15-7-12(14)8-16-13/h3-5,7-8H,6,14H2,1-2H3. The summed E-state index contributed by atoms with van der Waals surface area (Å²) in [5.41, 5.74) is 9.98. The van der Waals surface area contributed by atoms with Gasteiger partial charge < -0.3 is 5.73 Å². The lowest BCUT2D eigenvalue weighted by molar-refractivity contribution is 0.968. The Hall–Kier alpha value is -1.90. The molecule has 0 fully saturated rings. The number of rotatable bonds is 2. The van der Waals surface area contributed by atoms with Gasteiger partial charge in [0.15, 0.2) is 0 Å². The van der Waals surface area contributed by atoms with Crippen LogP contribution in [0.2, 0.25) is 0 Å². The highest BCUT2D eigenvalue weighted by Gasteiger charge is 2.00. The number of aromatic nitrogens is 2. The van der Waals surface area contributed by atoms with Gasteiger partial charge in [0.2, 0.25) is 0 Å². The van der Waals surface area contributed by atoms with Crippen LogP contribution >= 0.6 is 0 Å². The molecule has 0 saturated heterocycles. The fourth-order valence-electron chi connectivity index (χ4n) is 1.55. The Balaban J connectivity index is 2.20. The van der Waals surface area contributed by atoms with Crippen LogP contribution in [0.3, 0.4) is 0 Å². The number of aryl methyl sites for hydroxylation is 2. The monoisotopic (exact) mass is 213 g/mol. The Morgan fingerprint density at radius 3 is 2.38 bits per heavy atom. The third-order valence-electron chi connectivity index (χ3n) is 2.66. The predicted octanol–water partition coefficient (Wildman–Crippen LogP) is 2.27. The summed E-state index contributed by atoms with van der Waals surface area (Å²) < 4.78 is 0. The van der Waals surface area contributed by atoms with Crippen LogP contribution in [0.1, 0.15) is 22.5 Å². The van der Waals surface area contributed by atoms with E-state index in [0.29, 0.717) is 5.69 Å². The zero-order valence-electron chi connectivity index (χ0n) is 9.57. The van der Waals surface area contributed by atoms with E-state index in [9.17, 15) is 0 Å². The molecule has 0 bridgehead atoms. The van der Waals surface area contributed by atoms with Crippen molar-refractivity contribution in [3.8, 4) is 0 Å².